The zero-order valence-electron chi connectivity index (χ0n) is 16.7. The fraction of sp³-hybridized carbons (Fsp3) is 0.625. The minimum Gasteiger partial charge on any atom is -0.373 e. The lowest BCUT2D eigenvalue weighted by Gasteiger charge is -2.45. The zero-order valence-corrected chi connectivity index (χ0v) is 17.7. The van der Waals surface area contributed by atoms with Gasteiger partial charge in [0.2, 0.25) is 5.41 Å². The maximum Gasteiger partial charge on any atom is 0.536 e. The minimum absolute atomic E-state index is 0.0873. The Balaban J connectivity index is 3.80. The van der Waals surface area contributed by atoms with Crippen molar-refractivity contribution in [3.8, 4) is 0 Å². The summed E-state index contributed by atoms with van der Waals surface area (Å²) in [4.78, 5) is 0. The normalized spacial score (nSPS) is 15.2. The first kappa shape index (κ1) is 29.4. The van der Waals surface area contributed by atoms with Crippen molar-refractivity contribution < 1.29 is 70.4 Å². The average molecular weight is 530 g/mol. The van der Waals surface area contributed by atoms with E-state index in [0.717, 1.165) is 33.5 Å². The van der Waals surface area contributed by atoms with Gasteiger partial charge in [-0.1, -0.05) is 24.3 Å². The predicted molar refractivity (Wildman–Crippen MR) is 87.1 cm³/mol. The van der Waals surface area contributed by atoms with Crippen LogP contribution < -0.4 is 5.19 Å². The van der Waals surface area contributed by atoms with Gasteiger partial charge < -0.3 is 13.3 Å². The topological polar surface area (TPSA) is 27.7 Å². The number of hydrogen-bond donors (Lipinski definition) is 0. The maximum absolute atomic E-state index is 14.2. The summed E-state index contributed by atoms with van der Waals surface area (Å²) in [6.07, 6.45) is -25.0. The Morgan fingerprint density at radius 3 is 1.21 bits per heavy atom. The molecule has 1 aromatic rings. The van der Waals surface area contributed by atoms with Crippen LogP contribution in [0.25, 0.3) is 0 Å². The molecule has 1 aromatic carbocycles. The molecule has 0 saturated carbocycles. The number of halogens is 13. The quantitative estimate of drug-likeness (QED) is 0.339. The largest absolute Gasteiger partial charge is 0.536 e. The van der Waals surface area contributed by atoms with Crippen LogP contribution in [0.4, 0.5) is 57.1 Å². The highest BCUT2D eigenvalue weighted by atomic mass is 28.4. The first-order chi connectivity index (χ1) is 14.6. The minimum atomic E-state index is -7.69. The van der Waals surface area contributed by atoms with E-state index in [4.69, 9.17) is 13.3 Å². The summed E-state index contributed by atoms with van der Waals surface area (Å²) in [7, 11) is -0.477. The van der Waals surface area contributed by atoms with Crippen molar-refractivity contribution in [2.75, 3.05) is 21.3 Å². The van der Waals surface area contributed by atoms with Gasteiger partial charge in [-0.3, -0.25) is 0 Å². The molecule has 1 rings (SSSR count). The second kappa shape index (κ2) is 8.88. The monoisotopic (exact) mass is 530 g/mol. The summed E-state index contributed by atoms with van der Waals surface area (Å²) in [5.41, 5.74) is -8.08. The number of alkyl halides is 13. The van der Waals surface area contributed by atoms with Gasteiger partial charge in [-0.15, -0.1) is 0 Å². The van der Waals surface area contributed by atoms with E-state index in [9.17, 15) is 57.1 Å². The molecule has 0 fully saturated rings. The van der Waals surface area contributed by atoms with Gasteiger partial charge in [-0.25, -0.2) is 0 Å². The Hall–Kier alpha value is -1.59. The standard InChI is InChI=1S/C16H15F13O3Si/c1-30-33(31-2,32-3)10-6-4-9(5-7-10)8-11(14(21,22)23,15(24,25)26)12(17,18)13(19,20)16(27,28)29/h4-7H,8H2,1-3H3. The van der Waals surface area contributed by atoms with Crippen LogP contribution in [0.3, 0.4) is 0 Å². The second-order valence-corrected chi connectivity index (χ2v) is 9.50. The van der Waals surface area contributed by atoms with Crippen LogP contribution in [0.5, 0.6) is 0 Å². The third kappa shape index (κ3) is 4.55. The van der Waals surface area contributed by atoms with Gasteiger partial charge in [-0.2, -0.15) is 57.1 Å². The molecule has 192 valence electrons. The van der Waals surface area contributed by atoms with Crippen molar-refractivity contribution in [2.24, 2.45) is 5.41 Å². The van der Waals surface area contributed by atoms with Crippen LogP contribution in [0.15, 0.2) is 24.3 Å². The summed E-state index contributed by atoms with van der Waals surface area (Å²) < 4.78 is 188. The summed E-state index contributed by atoms with van der Waals surface area (Å²) >= 11 is 0. The zero-order chi connectivity index (χ0) is 26.3. The number of rotatable bonds is 8. The second-order valence-electron chi connectivity index (χ2n) is 6.59. The maximum atomic E-state index is 14.2. The lowest BCUT2D eigenvalue weighted by molar-refractivity contribution is -0.460. The summed E-state index contributed by atoms with van der Waals surface area (Å²) in [5, 5.41) is -0.0873. The Morgan fingerprint density at radius 1 is 0.576 bits per heavy atom. The van der Waals surface area contributed by atoms with E-state index in [1.165, 1.54) is 0 Å². The van der Waals surface area contributed by atoms with Crippen LogP contribution in [-0.2, 0) is 19.7 Å². The van der Waals surface area contributed by atoms with Gasteiger partial charge in [0.1, 0.15) is 0 Å². The average Bonchev–Trinajstić information content (AvgIpc) is 2.65. The van der Waals surface area contributed by atoms with Gasteiger partial charge in [0, 0.05) is 32.9 Å². The van der Waals surface area contributed by atoms with Gasteiger partial charge in [0.25, 0.3) is 0 Å². The molecular formula is C16H15F13O3Si. The molecule has 3 nitrogen and oxygen atoms in total. The molecule has 0 spiro atoms. The first-order valence-corrected chi connectivity index (χ1v) is 10.0. The summed E-state index contributed by atoms with van der Waals surface area (Å²) in [6.45, 7) is 0. The van der Waals surface area contributed by atoms with E-state index in [-0.39, 0.29) is 5.19 Å². The molecular weight excluding hydrogens is 515 g/mol. The van der Waals surface area contributed by atoms with Crippen LogP contribution in [0, 0.1) is 5.41 Å². The smallest absolute Gasteiger partial charge is 0.373 e. The van der Waals surface area contributed by atoms with E-state index in [0.29, 0.717) is 12.1 Å². The first-order valence-electron chi connectivity index (χ1n) is 8.32. The fourth-order valence-corrected chi connectivity index (χ4v) is 4.79. The molecule has 0 amide bonds. The van der Waals surface area contributed by atoms with Crippen molar-refractivity contribution in [1.82, 2.24) is 0 Å². The molecule has 0 atom stereocenters. The van der Waals surface area contributed by atoms with E-state index >= 15 is 0 Å². The van der Waals surface area contributed by atoms with E-state index < -0.39 is 56.6 Å². The van der Waals surface area contributed by atoms with E-state index in [1.807, 2.05) is 0 Å². The van der Waals surface area contributed by atoms with Crippen LogP contribution in [-0.4, -0.2) is 60.5 Å². The summed E-state index contributed by atoms with van der Waals surface area (Å²) in [5.74, 6) is -15.4. The molecule has 0 N–H and O–H groups in total. The molecule has 0 unspecified atom stereocenters. The van der Waals surface area contributed by atoms with E-state index in [2.05, 4.69) is 0 Å². The highest BCUT2D eigenvalue weighted by molar-refractivity contribution is 6.75. The van der Waals surface area contributed by atoms with Crippen LogP contribution >= 0.6 is 0 Å². The molecule has 0 aliphatic rings. The predicted octanol–water partition coefficient (Wildman–Crippen LogP) is 5.26. The highest BCUT2D eigenvalue weighted by Crippen LogP contribution is 2.66. The summed E-state index contributed by atoms with van der Waals surface area (Å²) in [6, 6.07) is 2.27. The third-order valence-corrected chi connectivity index (χ3v) is 7.49. The molecule has 0 heterocycles. The third-order valence-electron chi connectivity index (χ3n) is 4.84. The van der Waals surface area contributed by atoms with Crippen molar-refractivity contribution in [1.29, 1.82) is 0 Å². The van der Waals surface area contributed by atoms with Gasteiger partial charge in [0.05, 0.1) is 0 Å². The fourth-order valence-electron chi connectivity index (χ4n) is 3.01. The highest BCUT2D eigenvalue weighted by Gasteiger charge is 2.91. The molecule has 17 heteroatoms. The van der Waals surface area contributed by atoms with Gasteiger partial charge >= 0.3 is 39.2 Å². The Morgan fingerprint density at radius 2 is 0.939 bits per heavy atom. The number of benzene rings is 1. The molecule has 0 aromatic heterocycles. The van der Waals surface area contributed by atoms with Gasteiger partial charge in [-0.05, 0) is 5.56 Å². The van der Waals surface area contributed by atoms with Crippen LogP contribution in [0.1, 0.15) is 5.56 Å². The lowest BCUT2D eigenvalue weighted by Crippen LogP contribution is -2.71. The van der Waals surface area contributed by atoms with Crippen molar-refractivity contribution in [2.45, 2.75) is 36.8 Å². The Labute approximate surface area is 178 Å². The SMILES string of the molecule is CO[Si](OC)(OC)c1ccc(CC(C(F)(F)F)(C(F)(F)F)C(F)(F)C(F)(F)C(F)(F)F)cc1. The van der Waals surface area contributed by atoms with Gasteiger partial charge in [0.15, 0.2) is 0 Å². The Kier molecular flexibility index (Phi) is 7.92. The molecule has 33 heavy (non-hydrogen) atoms. The molecule has 0 bridgehead atoms. The number of hydrogen-bond acceptors (Lipinski definition) is 3. The van der Waals surface area contributed by atoms with Crippen molar-refractivity contribution >= 4 is 14.0 Å². The van der Waals surface area contributed by atoms with E-state index in [1.54, 1.807) is 0 Å². The Bertz CT molecular complexity index is 774. The molecule has 0 aliphatic heterocycles. The van der Waals surface area contributed by atoms with Crippen molar-refractivity contribution in [3.63, 3.8) is 0 Å². The molecule has 0 saturated heterocycles. The van der Waals surface area contributed by atoms with Crippen LogP contribution in [0.2, 0.25) is 0 Å². The lowest BCUT2D eigenvalue weighted by atomic mass is 9.71. The van der Waals surface area contributed by atoms with Crippen molar-refractivity contribution in [3.05, 3.63) is 29.8 Å². The molecule has 0 radical (unpaired) electrons. The molecule has 0 aliphatic carbocycles.